The molecule has 1 rings (SSSR count). The van der Waals surface area contributed by atoms with E-state index in [0.717, 1.165) is 24.8 Å². The van der Waals surface area contributed by atoms with Crippen LogP contribution < -0.4 is 0 Å². The molecule has 1 atom stereocenters. The van der Waals surface area contributed by atoms with E-state index in [0.29, 0.717) is 5.92 Å². The van der Waals surface area contributed by atoms with E-state index in [9.17, 15) is 5.11 Å². The molecule has 0 aliphatic rings. The van der Waals surface area contributed by atoms with Gasteiger partial charge in [-0.1, -0.05) is 38.8 Å². The van der Waals surface area contributed by atoms with Crippen molar-refractivity contribution in [3.05, 3.63) is 33.4 Å². The van der Waals surface area contributed by atoms with Gasteiger partial charge in [-0.3, -0.25) is 0 Å². The Morgan fingerprint density at radius 1 is 1.19 bits per heavy atom. The van der Waals surface area contributed by atoms with Crippen LogP contribution in [0.1, 0.15) is 45.6 Å². The third-order valence-electron chi connectivity index (χ3n) is 3.31. The van der Waals surface area contributed by atoms with Gasteiger partial charge in [0.05, 0.1) is 5.60 Å². The molecule has 1 nitrogen and oxygen atoms in total. The zero-order valence-electron chi connectivity index (χ0n) is 10.3. The van der Waals surface area contributed by atoms with Crippen molar-refractivity contribution in [3.63, 3.8) is 0 Å². The molecule has 1 aromatic rings. The molecule has 2 heteroatoms. The van der Waals surface area contributed by atoms with Crippen LogP contribution in [-0.2, 0) is 5.60 Å². The van der Waals surface area contributed by atoms with Gasteiger partial charge in [-0.25, -0.2) is 0 Å². The minimum atomic E-state index is -0.693. The molecule has 0 heterocycles. The molecule has 16 heavy (non-hydrogen) atoms. The molecule has 1 unspecified atom stereocenters. The Morgan fingerprint density at radius 2 is 1.69 bits per heavy atom. The molecule has 1 aromatic carbocycles. The first-order valence-electron chi connectivity index (χ1n) is 5.98. The normalized spacial score (nSPS) is 15.1. The molecule has 0 aliphatic heterocycles. The van der Waals surface area contributed by atoms with Crippen molar-refractivity contribution in [2.75, 3.05) is 0 Å². The Balaban J connectivity index is 2.80. The van der Waals surface area contributed by atoms with E-state index in [1.165, 1.54) is 3.57 Å². The van der Waals surface area contributed by atoms with E-state index in [2.05, 4.69) is 48.6 Å². The molecule has 0 aliphatic carbocycles. The summed E-state index contributed by atoms with van der Waals surface area (Å²) in [6, 6.07) is 8.17. The third kappa shape index (κ3) is 3.74. The highest BCUT2D eigenvalue weighted by atomic mass is 127. The summed E-state index contributed by atoms with van der Waals surface area (Å²) in [6.45, 7) is 6.31. The van der Waals surface area contributed by atoms with Gasteiger partial charge in [-0.15, -0.1) is 0 Å². The molecule has 0 aromatic heterocycles. The van der Waals surface area contributed by atoms with E-state index < -0.39 is 5.60 Å². The summed E-state index contributed by atoms with van der Waals surface area (Å²) < 4.78 is 1.21. The molecule has 0 spiro atoms. The second-order valence-corrected chi connectivity index (χ2v) is 5.91. The van der Waals surface area contributed by atoms with Crippen LogP contribution >= 0.6 is 22.6 Å². The molecule has 0 radical (unpaired) electrons. The van der Waals surface area contributed by atoms with Crippen molar-refractivity contribution >= 4 is 22.6 Å². The Morgan fingerprint density at radius 3 is 2.12 bits per heavy atom. The molecule has 0 fully saturated rings. The van der Waals surface area contributed by atoms with Gasteiger partial charge in [0.2, 0.25) is 0 Å². The van der Waals surface area contributed by atoms with E-state index in [1.54, 1.807) is 0 Å². The van der Waals surface area contributed by atoms with Crippen LogP contribution in [0.5, 0.6) is 0 Å². The molecule has 1 N–H and O–H groups in total. The Kier molecular flexibility index (Phi) is 5.25. The Labute approximate surface area is 112 Å². The lowest BCUT2D eigenvalue weighted by Crippen LogP contribution is -2.24. The number of rotatable bonds is 5. The summed E-state index contributed by atoms with van der Waals surface area (Å²) >= 11 is 2.28. The van der Waals surface area contributed by atoms with Crippen molar-refractivity contribution in [3.8, 4) is 0 Å². The summed E-state index contributed by atoms with van der Waals surface area (Å²) in [5.41, 5.74) is 0.334. The lowest BCUT2D eigenvalue weighted by Gasteiger charge is -2.28. The zero-order valence-corrected chi connectivity index (χ0v) is 12.5. The van der Waals surface area contributed by atoms with Crippen LogP contribution in [0.2, 0.25) is 0 Å². The van der Waals surface area contributed by atoms with Crippen LogP contribution in [0.4, 0.5) is 0 Å². The van der Waals surface area contributed by atoms with E-state index >= 15 is 0 Å². The summed E-state index contributed by atoms with van der Waals surface area (Å²) in [7, 11) is 0. The maximum absolute atomic E-state index is 10.5. The van der Waals surface area contributed by atoms with Crippen molar-refractivity contribution in [1.82, 2.24) is 0 Å². The number of hydrogen-bond acceptors (Lipinski definition) is 1. The average Bonchev–Trinajstić information content (AvgIpc) is 2.26. The lowest BCUT2D eigenvalue weighted by atomic mass is 9.84. The Hall–Kier alpha value is -0.0900. The van der Waals surface area contributed by atoms with E-state index in [-0.39, 0.29) is 0 Å². The monoisotopic (exact) mass is 332 g/mol. The van der Waals surface area contributed by atoms with Crippen molar-refractivity contribution in [2.45, 2.75) is 45.6 Å². The minimum absolute atomic E-state index is 0.606. The largest absolute Gasteiger partial charge is 0.385 e. The summed E-state index contributed by atoms with van der Waals surface area (Å²) in [6.07, 6.45) is 3.12. The SMILES string of the molecule is CCC(CC)CC(C)(O)c1ccc(I)cc1. The maximum Gasteiger partial charge on any atom is 0.0871 e. The van der Waals surface area contributed by atoms with Gasteiger partial charge < -0.3 is 5.11 Å². The highest BCUT2D eigenvalue weighted by Crippen LogP contribution is 2.31. The topological polar surface area (TPSA) is 20.2 Å². The second kappa shape index (κ2) is 6.01. The fraction of sp³-hybridized carbons (Fsp3) is 0.571. The van der Waals surface area contributed by atoms with Crippen LogP contribution in [0.15, 0.2) is 24.3 Å². The first-order valence-corrected chi connectivity index (χ1v) is 7.06. The van der Waals surface area contributed by atoms with Crippen molar-refractivity contribution in [2.24, 2.45) is 5.92 Å². The highest BCUT2D eigenvalue weighted by molar-refractivity contribution is 14.1. The molecule has 0 saturated carbocycles. The summed E-state index contributed by atoms with van der Waals surface area (Å²) in [5.74, 6) is 0.606. The zero-order chi connectivity index (χ0) is 12.2. The number of halogens is 1. The second-order valence-electron chi connectivity index (χ2n) is 4.67. The molecule has 0 bridgehead atoms. The van der Waals surface area contributed by atoms with Crippen molar-refractivity contribution in [1.29, 1.82) is 0 Å². The van der Waals surface area contributed by atoms with Gasteiger partial charge in [-0.2, -0.15) is 0 Å². The van der Waals surface area contributed by atoms with Gasteiger partial charge in [0, 0.05) is 3.57 Å². The predicted molar refractivity (Wildman–Crippen MR) is 77.4 cm³/mol. The van der Waals surface area contributed by atoms with Crippen LogP contribution in [0, 0.1) is 9.49 Å². The maximum atomic E-state index is 10.5. The first-order chi connectivity index (χ1) is 7.49. The van der Waals surface area contributed by atoms with Gasteiger partial charge in [0.1, 0.15) is 0 Å². The Bertz CT molecular complexity index is 312. The first kappa shape index (κ1) is 14.0. The molecular weight excluding hydrogens is 311 g/mol. The highest BCUT2D eigenvalue weighted by Gasteiger charge is 2.25. The van der Waals surface area contributed by atoms with Crippen LogP contribution in [0.3, 0.4) is 0 Å². The van der Waals surface area contributed by atoms with E-state index in [1.807, 2.05) is 19.1 Å². The predicted octanol–water partition coefficient (Wildman–Crippen LogP) is 4.33. The van der Waals surface area contributed by atoms with Crippen molar-refractivity contribution < 1.29 is 5.11 Å². The minimum Gasteiger partial charge on any atom is -0.385 e. The van der Waals surface area contributed by atoms with Gasteiger partial charge in [0.15, 0.2) is 0 Å². The standard InChI is InChI=1S/C14H21IO/c1-4-11(5-2)10-14(3,16)12-6-8-13(15)9-7-12/h6-9,11,16H,4-5,10H2,1-3H3. The van der Waals surface area contributed by atoms with E-state index in [4.69, 9.17) is 0 Å². The van der Waals surface area contributed by atoms with Gasteiger partial charge >= 0.3 is 0 Å². The molecule has 0 saturated heterocycles. The fourth-order valence-electron chi connectivity index (χ4n) is 2.07. The molecule has 0 amide bonds. The summed E-state index contributed by atoms with van der Waals surface area (Å²) in [4.78, 5) is 0. The quantitative estimate of drug-likeness (QED) is 0.796. The number of hydrogen-bond donors (Lipinski definition) is 1. The van der Waals surface area contributed by atoms with Crippen LogP contribution in [-0.4, -0.2) is 5.11 Å². The third-order valence-corrected chi connectivity index (χ3v) is 4.03. The number of benzene rings is 1. The summed E-state index contributed by atoms with van der Waals surface area (Å²) in [5, 5.41) is 10.5. The smallest absolute Gasteiger partial charge is 0.0871 e. The lowest BCUT2D eigenvalue weighted by molar-refractivity contribution is 0.0285. The van der Waals surface area contributed by atoms with Gasteiger partial charge in [0.25, 0.3) is 0 Å². The molecular formula is C14H21IO. The average molecular weight is 332 g/mol. The fourth-order valence-corrected chi connectivity index (χ4v) is 2.43. The van der Waals surface area contributed by atoms with Gasteiger partial charge in [-0.05, 0) is 59.5 Å². The van der Waals surface area contributed by atoms with Crippen LogP contribution in [0.25, 0.3) is 0 Å². The number of aliphatic hydroxyl groups is 1. The molecule has 90 valence electrons.